The largest absolute Gasteiger partial charge is 0.422 e. The summed E-state index contributed by atoms with van der Waals surface area (Å²) in [7, 11) is -4.22. The summed E-state index contributed by atoms with van der Waals surface area (Å²) in [5.41, 5.74) is 1.30. The molecule has 0 saturated heterocycles. The lowest BCUT2D eigenvalue weighted by atomic mass is 10.0. The van der Waals surface area contributed by atoms with Crippen LogP contribution in [-0.2, 0) is 20.8 Å². The maximum atomic E-state index is 12.3. The minimum Gasteiger partial charge on any atom is -0.422 e. The van der Waals surface area contributed by atoms with Crippen molar-refractivity contribution in [2.24, 2.45) is 0 Å². The van der Waals surface area contributed by atoms with Crippen molar-refractivity contribution in [1.29, 1.82) is 0 Å². The van der Waals surface area contributed by atoms with Gasteiger partial charge in [-0.15, -0.1) is 0 Å². The Morgan fingerprint density at radius 3 is 3.00 bits per heavy atom. The van der Waals surface area contributed by atoms with E-state index < -0.39 is 20.8 Å². The van der Waals surface area contributed by atoms with Gasteiger partial charge in [-0.25, -0.2) is 18.1 Å². The van der Waals surface area contributed by atoms with E-state index in [9.17, 15) is 13.2 Å². The van der Waals surface area contributed by atoms with Crippen LogP contribution in [0.15, 0.2) is 32.4 Å². The van der Waals surface area contributed by atoms with E-state index in [1.165, 1.54) is 13.0 Å². The molecule has 0 atom stereocenters. The van der Waals surface area contributed by atoms with E-state index in [0.717, 1.165) is 30.2 Å². The molecule has 138 valence electrons. The molecule has 3 rings (SSSR count). The van der Waals surface area contributed by atoms with Gasteiger partial charge in [-0.1, -0.05) is 11.8 Å². The minimum absolute atomic E-state index is 0.0402. The van der Waals surface area contributed by atoms with Gasteiger partial charge < -0.3 is 9.73 Å². The van der Waals surface area contributed by atoms with Crippen molar-refractivity contribution in [2.45, 2.75) is 19.9 Å². The molecule has 2 aromatic rings. The standard InChI is InChI=1S/C19H16N2O5S/c1-3-25-27(23,24)18(20-2)11-15-8-14-9-16-12-21-7-5-4-6-13(16)10-17(14)26-19(15)22/h8-11,21H,3,5,7,12H2,1H3/b18-11-. The van der Waals surface area contributed by atoms with Gasteiger partial charge in [-0.2, -0.15) is 0 Å². The van der Waals surface area contributed by atoms with Crippen LogP contribution in [0.2, 0.25) is 0 Å². The van der Waals surface area contributed by atoms with Crippen molar-refractivity contribution in [3.63, 3.8) is 0 Å². The van der Waals surface area contributed by atoms with Crippen molar-refractivity contribution in [3.05, 3.63) is 61.8 Å². The van der Waals surface area contributed by atoms with Crippen LogP contribution in [0.3, 0.4) is 0 Å². The van der Waals surface area contributed by atoms with Gasteiger partial charge in [0.25, 0.3) is 0 Å². The van der Waals surface area contributed by atoms with Gasteiger partial charge >= 0.3 is 20.8 Å². The Morgan fingerprint density at radius 1 is 1.44 bits per heavy atom. The molecule has 27 heavy (non-hydrogen) atoms. The van der Waals surface area contributed by atoms with Gasteiger partial charge in [0, 0.05) is 30.5 Å². The van der Waals surface area contributed by atoms with Crippen LogP contribution in [0.25, 0.3) is 21.9 Å². The van der Waals surface area contributed by atoms with Crippen molar-refractivity contribution in [3.8, 4) is 11.8 Å². The number of nitrogens with zero attached hydrogens (tertiary/aromatic N) is 1. The second kappa shape index (κ2) is 7.77. The Kier molecular flexibility index (Phi) is 5.43. The van der Waals surface area contributed by atoms with E-state index in [0.29, 0.717) is 17.5 Å². The highest BCUT2D eigenvalue weighted by Crippen LogP contribution is 2.22. The van der Waals surface area contributed by atoms with Crippen molar-refractivity contribution >= 4 is 27.2 Å². The maximum Gasteiger partial charge on any atom is 0.342 e. The third-order valence-corrected chi connectivity index (χ3v) is 5.14. The molecule has 7 nitrogen and oxygen atoms in total. The van der Waals surface area contributed by atoms with Gasteiger partial charge in [0.2, 0.25) is 0 Å². The monoisotopic (exact) mass is 384 g/mol. The molecule has 0 amide bonds. The Balaban J connectivity index is 2.15. The van der Waals surface area contributed by atoms with Gasteiger partial charge in [-0.3, -0.25) is 4.18 Å². The first-order valence-electron chi connectivity index (χ1n) is 8.23. The lowest BCUT2D eigenvalue weighted by Gasteiger charge is -2.10. The van der Waals surface area contributed by atoms with Crippen molar-refractivity contribution in [2.75, 3.05) is 13.2 Å². The average molecular weight is 384 g/mol. The second-order valence-corrected chi connectivity index (χ2v) is 7.28. The maximum absolute atomic E-state index is 12.3. The van der Waals surface area contributed by atoms with Crippen LogP contribution >= 0.6 is 0 Å². The summed E-state index contributed by atoms with van der Waals surface area (Å²) in [4.78, 5) is 15.2. The molecule has 2 heterocycles. The van der Waals surface area contributed by atoms with Gasteiger partial charge in [0.15, 0.2) is 0 Å². The van der Waals surface area contributed by atoms with Crippen molar-refractivity contribution < 1.29 is 17.0 Å². The molecule has 0 radical (unpaired) electrons. The van der Waals surface area contributed by atoms with E-state index >= 15 is 0 Å². The third-order valence-electron chi connectivity index (χ3n) is 3.87. The first kappa shape index (κ1) is 18.9. The number of hydrogen-bond donors (Lipinski definition) is 1. The molecule has 8 heteroatoms. The number of nitrogens with one attached hydrogen (secondary N) is 1. The van der Waals surface area contributed by atoms with Crippen LogP contribution in [0.4, 0.5) is 0 Å². The number of benzene rings is 1. The molecular formula is C19H16N2O5S. The molecule has 0 saturated carbocycles. The predicted octanol–water partition coefficient (Wildman–Crippen LogP) is 2.22. The number of fused-ring (bicyclic) bond motifs is 2. The normalized spacial score (nSPS) is 14.4. The fourth-order valence-electron chi connectivity index (χ4n) is 2.63. The van der Waals surface area contributed by atoms with Crippen LogP contribution in [0, 0.1) is 18.4 Å². The highest BCUT2D eigenvalue weighted by atomic mass is 32.2. The van der Waals surface area contributed by atoms with Crippen LogP contribution in [0.1, 0.15) is 30.0 Å². The Labute approximate surface area is 156 Å². The fraction of sp³-hybridized carbons (Fsp3) is 0.263. The zero-order chi connectivity index (χ0) is 19.4. The Bertz CT molecular complexity index is 1190. The van der Waals surface area contributed by atoms with Crippen molar-refractivity contribution in [1.82, 2.24) is 5.32 Å². The summed E-state index contributed by atoms with van der Waals surface area (Å²) in [5, 5.41) is 3.21. The van der Waals surface area contributed by atoms with Crippen LogP contribution < -0.4 is 10.9 Å². The number of hydrogen-bond acceptors (Lipinski definition) is 6. The molecule has 0 bridgehead atoms. The lowest BCUT2D eigenvalue weighted by Crippen LogP contribution is -2.16. The minimum atomic E-state index is -4.22. The molecule has 0 spiro atoms. The van der Waals surface area contributed by atoms with Gasteiger partial charge in [0.1, 0.15) is 5.58 Å². The summed E-state index contributed by atoms with van der Waals surface area (Å²) in [6, 6.07) is 5.04. The first-order chi connectivity index (χ1) is 12.9. The zero-order valence-electron chi connectivity index (χ0n) is 14.5. The molecule has 0 fully saturated rings. The molecular weight excluding hydrogens is 368 g/mol. The highest BCUT2D eigenvalue weighted by molar-refractivity contribution is 7.91. The zero-order valence-corrected chi connectivity index (χ0v) is 15.4. The molecule has 1 aromatic carbocycles. The summed E-state index contributed by atoms with van der Waals surface area (Å²) in [6.45, 7) is 9.88. The SMILES string of the molecule is [C-]#[N+]/C(=C/c1cc2cc3c(cc2oc1=O)C#CCCNC3)S(=O)(=O)OCC. The van der Waals surface area contributed by atoms with E-state index in [1.807, 2.05) is 6.07 Å². The Hall–Kier alpha value is -2.91. The molecule has 1 N–H and O–H groups in total. The summed E-state index contributed by atoms with van der Waals surface area (Å²) in [6.07, 6.45) is 1.71. The second-order valence-electron chi connectivity index (χ2n) is 5.72. The first-order valence-corrected chi connectivity index (χ1v) is 9.64. The van der Waals surface area contributed by atoms with Gasteiger partial charge in [0.05, 0.1) is 18.7 Å². The number of rotatable bonds is 4. The quantitative estimate of drug-likeness (QED) is 0.376. The molecule has 1 aliphatic rings. The molecule has 0 unspecified atom stereocenters. The summed E-state index contributed by atoms with van der Waals surface area (Å²) < 4.78 is 33.8. The van der Waals surface area contributed by atoms with Crippen LogP contribution in [0.5, 0.6) is 0 Å². The summed E-state index contributed by atoms with van der Waals surface area (Å²) >= 11 is 0. The van der Waals surface area contributed by atoms with E-state index in [-0.39, 0.29) is 12.2 Å². The smallest absolute Gasteiger partial charge is 0.342 e. The van der Waals surface area contributed by atoms with E-state index in [2.05, 4.69) is 26.2 Å². The Morgan fingerprint density at radius 2 is 2.26 bits per heavy atom. The predicted molar refractivity (Wildman–Crippen MR) is 101 cm³/mol. The van der Waals surface area contributed by atoms with E-state index in [4.69, 9.17) is 11.0 Å². The average Bonchev–Trinajstić information content (AvgIpc) is 2.60. The van der Waals surface area contributed by atoms with Crippen LogP contribution in [-0.4, -0.2) is 21.6 Å². The topological polar surface area (TPSA) is 90.0 Å². The molecule has 0 aliphatic carbocycles. The van der Waals surface area contributed by atoms with E-state index in [1.54, 1.807) is 6.07 Å². The summed E-state index contributed by atoms with van der Waals surface area (Å²) in [5.74, 6) is 6.11. The molecule has 1 aromatic heterocycles. The lowest BCUT2D eigenvalue weighted by molar-refractivity contribution is 0.343. The molecule has 1 aliphatic heterocycles. The highest BCUT2D eigenvalue weighted by Gasteiger charge is 2.20. The van der Waals surface area contributed by atoms with Gasteiger partial charge in [-0.05, 0) is 36.8 Å². The fourth-order valence-corrected chi connectivity index (χ4v) is 3.45. The third kappa shape index (κ3) is 4.09.